The van der Waals surface area contributed by atoms with Crippen molar-refractivity contribution in [1.29, 1.82) is 0 Å². The molecule has 0 aromatic heterocycles. The van der Waals surface area contributed by atoms with Crippen LogP contribution >= 0.6 is 0 Å². The molecule has 1 rings (SSSR count). The Morgan fingerprint density at radius 1 is 1.67 bits per heavy atom. The molecule has 12 heavy (non-hydrogen) atoms. The summed E-state index contributed by atoms with van der Waals surface area (Å²) in [6.07, 6.45) is 6.92. The molecule has 0 aliphatic carbocycles. The molecule has 1 amide bonds. The van der Waals surface area contributed by atoms with Crippen LogP contribution in [-0.2, 0) is 4.79 Å². The van der Waals surface area contributed by atoms with E-state index in [1.807, 2.05) is 17.9 Å². The van der Waals surface area contributed by atoms with Gasteiger partial charge in [-0.3, -0.25) is 4.79 Å². The van der Waals surface area contributed by atoms with E-state index in [-0.39, 0.29) is 0 Å². The highest BCUT2D eigenvalue weighted by Crippen LogP contribution is 2.17. The smallest absolute Gasteiger partial charge is 0.222 e. The van der Waals surface area contributed by atoms with Gasteiger partial charge in [0.15, 0.2) is 0 Å². The van der Waals surface area contributed by atoms with Crippen molar-refractivity contribution in [2.45, 2.75) is 39.2 Å². The SMILES string of the molecule is CC=CCCN1C(=O)CCC1C. The van der Waals surface area contributed by atoms with Crippen LogP contribution in [-0.4, -0.2) is 23.4 Å². The quantitative estimate of drug-likeness (QED) is 0.588. The molecule has 68 valence electrons. The second-order valence-corrected chi connectivity index (χ2v) is 3.33. The average Bonchev–Trinajstić information content (AvgIpc) is 2.35. The van der Waals surface area contributed by atoms with Crippen molar-refractivity contribution in [3.05, 3.63) is 12.2 Å². The highest BCUT2D eigenvalue weighted by Gasteiger charge is 2.26. The molecule has 0 N–H and O–H groups in total. The number of rotatable bonds is 3. The Morgan fingerprint density at radius 2 is 2.42 bits per heavy atom. The van der Waals surface area contributed by atoms with Gasteiger partial charge >= 0.3 is 0 Å². The Kier molecular flexibility index (Phi) is 3.32. The van der Waals surface area contributed by atoms with Crippen molar-refractivity contribution in [3.63, 3.8) is 0 Å². The predicted octanol–water partition coefficient (Wildman–Crippen LogP) is 1.96. The van der Waals surface area contributed by atoms with Crippen molar-refractivity contribution < 1.29 is 4.79 Å². The van der Waals surface area contributed by atoms with Crippen molar-refractivity contribution in [1.82, 2.24) is 4.90 Å². The summed E-state index contributed by atoms with van der Waals surface area (Å²) in [7, 11) is 0. The standard InChI is InChI=1S/C10H17NO/c1-3-4-5-8-11-9(2)6-7-10(11)12/h3-4,9H,5-8H2,1-2H3. The van der Waals surface area contributed by atoms with Gasteiger partial charge in [0.1, 0.15) is 0 Å². The van der Waals surface area contributed by atoms with Crippen LogP contribution in [0.1, 0.15) is 33.1 Å². The second kappa shape index (κ2) is 4.29. The van der Waals surface area contributed by atoms with Crippen LogP contribution < -0.4 is 0 Å². The number of carbonyl (C=O) groups excluding carboxylic acids is 1. The Labute approximate surface area is 74.2 Å². The average molecular weight is 167 g/mol. The maximum absolute atomic E-state index is 11.3. The molecule has 2 heteroatoms. The summed E-state index contributed by atoms with van der Waals surface area (Å²) < 4.78 is 0. The summed E-state index contributed by atoms with van der Waals surface area (Å²) in [4.78, 5) is 13.3. The minimum absolute atomic E-state index is 0.326. The van der Waals surface area contributed by atoms with Gasteiger partial charge in [-0.1, -0.05) is 12.2 Å². The lowest BCUT2D eigenvalue weighted by atomic mass is 10.2. The predicted molar refractivity (Wildman–Crippen MR) is 49.8 cm³/mol. The van der Waals surface area contributed by atoms with Gasteiger partial charge in [0.05, 0.1) is 0 Å². The van der Waals surface area contributed by atoms with Gasteiger partial charge in [0, 0.05) is 19.0 Å². The maximum Gasteiger partial charge on any atom is 0.222 e. The first-order valence-corrected chi connectivity index (χ1v) is 4.66. The molecular formula is C10H17NO. The second-order valence-electron chi connectivity index (χ2n) is 3.33. The number of amides is 1. The Morgan fingerprint density at radius 3 is 2.92 bits per heavy atom. The molecule has 0 saturated carbocycles. The van der Waals surface area contributed by atoms with E-state index in [2.05, 4.69) is 13.0 Å². The summed E-state index contributed by atoms with van der Waals surface area (Å²) in [6, 6.07) is 0.461. The van der Waals surface area contributed by atoms with Gasteiger partial charge in [-0.15, -0.1) is 0 Å². The number of likely N-dealkylation sites (tertiary alicyclic amines) is 1. The fraction of sp³-hybridized carbons (Fsp3) is 0.700. The molecule has 0 aromatic carbocycles. The van der Waals surface area contributed by atoms with Crippen LogP contribution in [0.3, 0.4) is 0 Å². The van der Waals surface area contributed by atoms with Gasteiger partial charge < -0.3 is 4.90 Å². The van der Waals surface area contributed by atoms with Gasteiger partial charge in [-0.2, -0.15) is 0 Å². The minimum atomic E-state index is 0.326. The lowest BCUT2D eigenvalue weighted by Gasteiger charge is -2.20. The topological polar surface area (TPSA) is 20.3 Å². The number of hydrogen-bond acceptors (Lipinski definition) is 1. The van der Waals surface area contributed by atoms with Crippen LogP contribution in [0, 0.1) is 0 Å². The van der Waals surface area contributed by atoms with Gasteiger partial charge in [-0.25, -0.2) is 0 Å². The van der Waals surface area contributed by atoms with Crippen molar-refractivity contribution in [3.8, 4) is 0 Å². The molecule has 2 nitrogen and oxygen atoms in total. The van der Waals surface area contributed by atoms with E-state index < -0.39 is 0 Å². The summed E-state index contributed by atoms with van der Waals surface area (Å²) in [5.41, 5.74) is 0. The fourth-order valence-corrected chi connectivity index (χ4v) is 1.60. The van der Waals surface area contributed by atoms with Crippen LogP contribution in [0.2, 0.25) is 0 Å². The third-order valence-electron chi connectivity index (χ3n) is 2.40. The molecule has 1 atom stereocenters. The first-order chi connectivity index (χ1) is 5.75. The molecule has 0 radical (unpaired) electrons. The summed E-state index contributed by atoms with van der Waals surface area (Å²) in [5.74, 6) is 0.326. The summed E-state index contributed by atoms with van der Waals surface area (Å²) in [6.45, 7) is 5.03. The van der Waals surface area contributed by atoms with E-state index in [4.69, 9.17) is 0 Å². The number of nitrogens with zero attached hydrogens (tertiary/aromatic N) is 1. The van der Waals surface area contributed by atoms with E-state index in [9.17, 15) is 4.79 Å². The lowest BCUT2D eigenvalue weighted by Crippen LogP contribution is -2.31. The minimum Gasteiger partial charge on any atom is -0.340 e. The lowest BCUT2D eigenvalue weighted by molar-refractivity contribution is -0.128. The van der Waals surface area contributed by atoms with Crippen molar-refractivity contribution >= 4 is 5.91 Å². The molecule has 1 aliphatic heterocycles. The van der Waals surface area contributed by atoms with Gasteiger partial charge in [0.2, 0.25) is 5.91 Å². The monoisotopic (exact) mass is 167 g/mol. The molecule has 1 aliphatic rings. The first-order valence-electron chi connectivity index (χ1n) is 4.66. The van der Waals surface area contributed by atoms with Crippen LogP contribution in [0.25, 0.3) is 0 Å². The zero-order valence-corrected chi connectivity index (χ0v) is 7.92. The normalized spacial score (nSPS) is 24.3. The first kappa shape index (κ1) is 9.30. The van der Waals surface area contributed by atoms with E-state index >= 15 is 0 Å². The molecule has 1 saturated heterocycles. The molecule has 1 fully saturated rings. The van der Waals surface area contributed by atoms with Crippen LogP contribution in [0.15, 0.2) is 12.2 Å². The van der Waals surface area contributed by atoms with E-state index in [0.717, 1.165) is 25.8 Å². The van der Waals surface area contributed by atoms with Crippen molar-refractivity contribution in [2.24, 2.45) is 0 Å². The largest absolute Gasteiger partial charge is 0.340 e. The van der Waals surface area contributed by atoms with Crippen LogP contribution in [0.4, 0.5) is 0 Å². The van der Waals surface area contributed by atoms with E-state index in [1.165, 1.54) is 0 Å². The zero-order valence-electron chi connectivity index (χ0n) is 7.92. The third-order valence-corrected chi connectivity index (χ3v) is 2.40. The van der Waals surface area contributed by atoms with Crippen molar-refractivity contribution in [2.75, 3.05) is 6.54 Å². The summed E-state index contributed by atoms with van der Waals surface area (Å²) >= 11 is 0. The molecule has 0 spiro atoms. The number of allylic oxidation sites excluding steroid dienone is 1. The summed E-state index contributed by atoms with van der Waals surface area (Å²) in [5, 5.41) is 0. The molecule has 1 unspecified atom stereocenters. The maximum atomic E-state index is 11.3. The molecular weight excluding hydrogens is 150 g/mol. The number of hydrogen-bond donors (Lipinski definition) is 0. The highest BCUT2D eigenvalue weighted by molar-refractivity contribution is 5.78. The number of carbonyl (C=O) groups is 1. The highest BCUT2D eigenvalue weighted by atomic mass is 16.2. The fourth-order valence-electron chi connectivity index (χ4n) is 1.60. The van der Waals surface area contributed by atoms with Gasteiger partial charge in [0.25, 0.3) is 0 Å². The Hall–Kier alpha value is -0.790. The molecule has 0 bridgehead atoms. The Balaban J connectivity index is 2.34. The molecule has 1 heterocycles. The third kappa shape index (κ3) is 2.10. The Bertz CT molecular complexity index is 186. The molecule has 0 aromatic rings. The zero-order chi connectivity index (χ0) is 8.97. The van der Waals surface area contributed by atoms with Crippen LogP contribution in [0.5, 0.6) is 0 Å². The van der Waals surface area contributed by atoms with E-state index in [1.54, 1.807) is 0 Å². The van der Waals surface area contributed by atoms with E-state index in [0.29, 0.717) is 11.9 Å². The van der Waals surface area contributed by atoms with Gasteiger partial charge in [-0.05, 0) is 26.7 Å².